The zero-order chi connectivity index (χ0) is 18.7. The highest BCUT2D eigenvalue weighted by molar-refractivity contribution is 7.91. The van der Waals surface area contributed by atoms with E-state index in [0.29, 0.717) is 6.42 Å². The lowest BCUT2D eigenvalue weighted by Gasteiger charge is -2.12. The standard InChI is InChI=1S/C14H16F3N3O4S/c15-14(16,17)9-1-3-10(4-2-9)20-13(22)18-7-12(21)19-11-5-6-25(23,24)8-11/h1-4,11H,5-8H2,(H,19,21)(H2,18,20,22)/t11-/m0/s1. The van der Waals surface area contributed by atoms with Crippen LogP contribution >= 0.6 is 0 Å². The van der Waals surface area contributed by atoms with Crippen molar-refractivity contribution in [3.05, 3.63) is 29.8 Å². The number of nitrogens with one attached hydrogen (secondary N) is 3. The van der Waals surface area contributed by atoms with Crippen LogP contribution < -0.4 is 16.0 Å². The minimum Gasteiger partial charge on any atom is -0.351 e. The van der Waals surface area contributed by atoms with Gasteiger partial charge in [0.1, 0.15) is 0 Å². The molecule has 3 N–H and O–H groups in total. The molecule has 0 bridgehead atoms. The van der Waals surface area contributed by atoms with Crippen molar-refractivity contribution in [3.63, 3.8) is 0 Å². The Morgan fingerprint density at radius 2 is 1.80 bits per heavy atom. The molecule has 0 spiro atoms. The minimum absolute atomic E-state index is 0.0137. The van der Waals surface area contributed by atoms with Gasteiger partial charge in [-0.1, -0.05) is 0 Å². The molecule has 1 aromatic rings. The maximum atomic E-state index is 12.4. The third-order valence-corrected chi connectivity index (χ3v) is 5.25. The molecule has 25 heavy (non-hydrogen) atoms. The van der Waals surface area contributed by atoms with Crippen LogP contribution in [0.1, 0.15) is 12.0 Å². The van der Waals surface area contributed by atoms with Crippen molar-refractivity contribution in [1.29, 1.82) is 0 Å². The molecular formula is C14H16F3N3O4S. The Kier molecular flexibility index (Phi) is 5.55. The van der Waals surface area contributed by atoms with E-state index in [2.05, 4.69) is 16.0 Å². The van der Waals surface area contributed by atoms with E-state index < -0.39 is 39.6 Å². The number of rotatable bonds is 4. The van der Waals surface area contributed by atoms with Crippen LogP contribution in [-0.2, 0) is 20.8 Å². The maximum Gasteiger partial charge on any atom is 0.416 e. The van der Waals surface area contributed by atoms with Gasteiger partial charge in [-0.05, 0) is 30.7 Å². The van der Waals surface area contributed by atoms with E-state index in [0.717, 1.165) is 24.3 Å². The number of halogens is 3. The van der Waals surface area contributed by atoms with E-state index in [4.69, 9.17) is 0 Å². The van der Waals surface area contributed by atoms with Gasteiger partial charge in [0.05, 0.1) is 23.6 Å². The number of urea groups is 1. The Labute approximate surface area is 141 Å². The number of benzene rings is 1. The normalized spacial score (nSPS) is 19.2. The Hall–Kier alpha value is -2.30. The quantitative estimate of drug-likeness (QED) is 0.729. The molecule has 3 amide bonds. The molecule has 0 unspecified atom stereocenters. The number of carbonyl (C=O) groups excluding carboxylic acids is 2. The van der Waals surface area contributed by atoms with Crippen LogP contribution in [0.4, 0.5) is 23.7 Å². The molecule has 1 fully saturated rings. The van der Waals surface area contributed by atoms with E-state index in [9.17, 15) is 31.2 Å². The number of anilines is 1. The lowest BCUT2D eigenvalue weighted by Crippen LogP contribution is -2.43. The van der Waals surface area contributed by atoms with Gasteiger partial charge in [0.2, 0.25) is 5.91 Å². The fraction of sp³-hybridized carbons (Fsp3) is 0.429. The molecular weight excluding hydrogens is 363 g/mol. The topological polar surface area (TPSA) is 104 Å². The first-order valence-corrected chi connectivity index (χ1v) is 9.09. The van der Waals surface area contributed by atoms with Crippen molar-refractivity contribution < 1.29 is 31.2 Å². The fourth-order valence-electron chi connectivity index (χ4n) is 2.27. The number of alkyl halides is 3. The second-order valence-corrected chi connectivity index (χ2v) is 7.78. The summed E-state index contributed by atoms with van der Waals surface area (Å²) in [6.45, 7) is -0.386. The lowest BCUT2D eigenvalue weighted by atomic mass is 10.2. The number of hydrogen-bond donors (Lipinski definition) is 3. The van der Waals surface area contributed by atoms with Crippen LogP contribution in [0.5, 0.6) is 0 Å². The zero-order valence-corrected chi connectivity index (χ0v) is 13.7. The van der Waals surface area contributed by atoms with E-state index in [1.165, 1.54) is 0 Å². The maximum absolute atomic E-state index is 12.4. The molecule has 1 atom stereocenters. The monoisotopic (exact) mass is 379 g/mol. The summed E-state index contributed by atoms with van der Waals surface area (Å²) >= 11 is 0. The van der Waals surface area contributed by atoms with Crippen molar-refractivity contribution in [2.75, 3.05) is 23.4 Å². The van der Waals surface area contributed by atoms with Gasteiger partial charge < -0.3 is 16.0 Å². The summed E-state index contributed by atoms with van der Waals surface area (Å²) in [5, 5.41) is 7.02. The molecule has 2 rings (SSSR count). The first-order chi connectivity index (χ1) is 11.5. The third-order valence-electron chi connectivity index (χ3n) is 3.48. The summed E-state index contributed by atoms with van der Waals surface area (Å²) in [6.07, 6.45) is -4.14. The van der Waals surface area contributed by atoms with Crippen LogP contribution in [0.3, 0.4) is 0 Å². The van der Waals surface area contributed by atoms with Gasteiger partial charge in [0.25, 0.3) is 0 Å². The molecule has 1 aliphatic rings. The average Bonchev–Trinajstić information content (AvgIpc) is 2.83. The molecule has 11 heteroatoms. The Bertz CT molecular complexity index is 748. The van der Waals surface area contributed by atoms with Gasteiger partial charge in [0, 0.05) is 11.7 Å². The molecule has 138 valence electrons. The second kappa shape index (κ2) is 7.30. The summed E-state index contributed by atoms with van der Waals surface area (Å²) in [6, 6.07) is 2.58. The van der Waals surface area contributed by atoms with E-state index >= 15 is 0 Å². The lowest BCUT2D eigenvalue weighted by molar-refractivity contribution is -0.137. The van der Waals surface area contributed by atoms with E-state index in [-0.39, 0.29) is 23.7 Å². The van der Waals surface area contributed by atoms with Crippen LogP contribution in [-0.4, -0.2) is 44.4 Å². The number of sulfone groups is 1. The molecule has 1 aromatic carbocycles. The Morgan fingerprint density at radius 3 is 2.32 bits per heavy atom. The predicted molar refractivity (Wildman–Crippen MR) is 83.7 cm³/mol. The van der Waals surface area contributed by atoms with E-state index in [1.54, 1.807) is 0 Å². The molecule has 1 saturated heterocycles. The molecule has 1 heterocycles. The summed E-state index contributed by atoms with van der Waals surface area (Å²) in [5.41, 5.74) is -0.711. The molecule has 0 radical (unpaired) electrons. The van der Waals surface area contributed by atoms with Gasteiger partial charge in [-0.2, -0.15) is 13.2 Å². The first-order valence-electron chi connectivity index (χ1n) is 7.27. The third kappa shape index (κ3) is 5.93. The predicted octanol–water partition coefficient (Wildman–Crippen LogP) is 1.13. The van der Waals surface area contributed by atoms with Gasteiger partial charge in [-0.3, -0.25) is 4.79 Å². The molecule has 1 aliphatic heterocycles. The second-order valence-electron chi connectivity index (χ2n) is 5.55. The summed E-state index contributed by atoms with van der Waals surface area (Å²) < 4.78 is 59.8. The van der Waals surface area contributed by atoms with Gasteiger partial charge >= 0.3 is 12.2 Å². The average molecular weight is 379 g/mol. The first kappa shape index (κ1) is 19.0. The van der Waals surface area contributed by atoms with Crippen molar-refractivity contribution >= 4 is 27.5 Å². The van der Waals surface area contributed by atoms with E-state index in [1.807, 2.05) is 0 Å². The largest absolute Gasteiger partial charge is 0.416 e. The SMILES string of the molecule is O=C(CNC(=O)Nc1ccc(C(F)(F)F)cc1)N[C@H]1CCS(=O)(=O)C1. The zero-order valence-electron chi connectivity index (χ0n) is 12.9. The van der Waals surface area contributed by atoms with Crippen molar-refractivity contribution in [1.82, 2.24) is 10.6 Å². The number of amides is 3. The number of hydrogen-bond acceptors (Lipinski definition) is 4. The van der Waals surface area contributed by atoms with Crippen molar-refractivity contribution in [3.8, 4) is 0 Å². The summed E-state index contributed by atoms with van der Waals surface area (Å²) in [5.74, 6) is -0.666. The summed E-state index contributed by atoms with van der Waals surface area (Å²) in [4.78, 5) is 23.3. The highest BCUT2D eigenvalue weighted by Crippen LogP contribution is 2.29. The van der Waals surface area contributed by atoms with Crippen LogP contribution in [0.2, 0.25) is 0 Å². The van der Waals surface area contributed by atoms with Gasteiger partial charge in [-0.15, -0.1) is 0 Å². The molecule has 0 aromatic heterocycles. The molecule has 7 nitrogen and oxygen atoms in total. The summed E-state index contributed by atoms with van der Waals surface area (Å²) in [7, 11) is -3.12. The van der Waals surface area contributed by atoms with Crippen molar-refractivity contribution in [2.45, 2.75) is 18.6 Å². The molecule has 0 aliphatic carbocycles. The number of carbonyl (C=O) groups is 2. The Morgan fingerprint density at radius 1 is 1.16 bits per heavy atom. The van der Waals surface area contributed by atoms with Crippen molar-refractivity contribution in [2.24, 2.45) is 0 Å². The van der Waals surface area contributed by atoms with Crippen LogP contribution in [0.15, 0.2) is 24.3 Å². The highest BCUT2D eigenvalue weighted by Gasteiger charge is 2.30. The van der Waals surface area contributed by atoms with Crippen LogP contribution in [0.25, 0.3) is 0 Å². The van der Waals surface area contributed by atoms with Crippen LogP contribution in [0, 0.1) is 0 Å². The van der Waals surface area contributed by atoms with Gasteiger partial charge in [0.15, 0.2) is 9.84 Å². The minimum atomic E-state index is -4.47. The fourth-order valence-corrected chi connectivity index (χ4v) is 3.94. The molecule has 0 saturated carbocycles. The highest BCUT2D eigenvalue weighted by atomic mass is 32.2. The smallest absolute Gasteiger partial charge is 0.351 e. The Balaban J connectivity index is 1.76. The van der Waals surface area contributed by atoms with Gasteiger partial charge in [-0.25, -0.2) is 13.2 Å².